The lowest BCUT2D eigenvalue weighted by Crippen LogP contribution is -2.29. The summed E-state index contributed by atoms with van der Waals surface area (Å²) in [6, 6.07) is 0. The van der Waals surface area contributed by atoms with E-state index in [0.29, 0.717) is 25.7 Å². The molecule has 0 aromatic heterocycles. The molecule has 4 N–H and O–H groups in total. The predicted octanol–water partition coefficient (Wildman–Crippen LogP) is 27.9. The SMILES string of the molecule is CC/C=C\C/C=C\C/C=C\C/C=C\C/C=C\C/C=C\CCC(=O)OC(COC(=O)CCCCCCCCCCCCCCC/C=C\C/C=C\C/C=C\C/C=C\CCCCC)COP(=O)(O)OCC(O)COP(=O)(O)OCC(O)COC(=O)CCCCCCCCCCCCCCCCC/C=C\C/C=C\C/C=C\C/C=C\CCCCC. The van der Waals surface area contributed by atoms with Crippen molar-refractivity contribution in [3.05, 3.63) is 170 Å². The standard InChI is InChI=1S/C97H164O16P2/c1-4-7-10-13-16-19-22-25-28-31-34-36-38-40-42-44-45-47-49-50-52-54-57-59-62-65-68-71-74-77-80-83-95(100)107-86-92(98)87-109-114(103,104)110-88-93(99)89-111-115(105,106)112-91-94(113-97(102)85-82-79-76-73-70-67-64-61-56-33-30-27-24-21-18-15-12-9-6-3)90-108-96(101)84-81-78-75-72-69-66-63-60-58-55-53-51-48-46-43-41-39-37-35-32-29-26-23-20-17-14-11-8-5-2/h9,12,16-21,25-30,34-37,40-43,56,61,67,70,76,79,92-94,98-99H,4-8,10-11,13-15,22-24,31-33,38-39,44-55,57-60,62-66,68-69,71-75,77-78,80-91H2,1-3H3,(H,103,104)(H,105,106)/b12-9-,19-16-,20-17-,21-18-,28-25-,29-26-,30-27-,36-34-,37-35-,42-40-,43-41-,61-56-,70-67-,79-76-. The van der Waals surface area contributed by atoms with E-state index in [9.17, 15) is 43.5 Å². The van der Waals surface area contributed by atoms with Crippen molar-refractivity contribution in [2.45, 2.75) is 386 Å². The molecule has 5 unspecified atom stereocenters. The summed E-state index contributed by atoms with van der Waals surface area (Å²) in [6.07, 6.45) is 114. The summed E-state index contributed by atoms with van der Waals surface area (Å²) in [7, 11) is -9.84. The maximum absolute atomic E-state index is 13.0. The van der Waals surface area contributed by atoms with Crippen LogP contribution in [-0.4, -0.2) is 95.9 Å². The number of aliphatic hydroxyl groups excluding tert-OH is 2. The maximum Gasteiger partial charge on any atom is 0.472 e. The molecule has 16 nitrogen and oxygen atoms in total. The average Bonchev–Trinajstić information content (AvgIpc) is 0.890. The van der Waals surface area contributed by atoms with Gasteiger partial charge in [-0.3, -0.25) is 32.5 Å². The second-order valence-electron chi connectivity index (χ2n) is 30.0. The number of phosphoric acid groups is 2. The minimum absolute atomic E-state index is 0.0251. The lowest BCUT2D eigenvalue weighted by Gasteiger charge is -2.21. The summed E-state index contributed by atoms with van der Waals surface area (Å²) in [5.41, 5.74) is 0. The van der Waals surface area contributed by atoms with E-state index >= 15 is 0 Å². The van der Waals surface area contributed by atoms with Crippen LogP contribution in [-0.2, 0) is 55.8 Å². The van der Waals surface area contributed by atoms with Crippen LogP contribution in [0, 0.1) is 0 Å². The second-order valence-corrected chi connectivity index (χ2v) is 32.9. The molecule has 0 radical (unpaired) electrons. The van der Waals surface area contributed by atoms with Crippen molar-refractivity contribution in [3.8, 4) is 0 Å². The van der Waals surface area contributed by atoms with Gasteiger partial charge in [0, 0.05) is 19.3 Å². The van der Waals surface area contributed by atoms with E-state index in [1.807, 2.05) is 18.2 Å². The van der Waals surface area contributed by atoms with Gasteiger partial charge >= 0.3 is 33.6 Å². The zero-order valence-electron chi connectivity index (χ0n) is 72.4. The molecule has 18 heteroatoms. The van der Waals surface area contributed by atoms with Crippen LogP contribution in [0.2, 0.25) is 0 Å². The first-order chi connectivity index (χ1) is 56.2. The molecule has 0 heterocycles. The van der Waals surface area contributed by atoms with Crippen LogP contribution in [0.3, 0.4) is 0 Å². The molecule has 0 aliphatic heterocycles. The Bertz CT molecular complexity index is 2770. The molecule has 115 heavy (non-hydrogen) atoms. The summed E-state index contributed by atoms with van der Waals surface area (Å²) in [5, 5.41) is 20.7. The summed E-state index contributed by atoms with van der Waals surface area (Å²) >= 11 is 0. The van der Waals surface area contributed by atoms with Gasteiger partial charge in [0.1, 0.15) is 25.4 Å². The van der Waals surface area contributed by atoms with Gasteiger partial charge in [-0.15, -0.1) is 0 Å². The fraction of sp³-hybridized carbons (Fsp3) is 0.680. The van der Waals surface area contributed by atoms with Crippen LogP contribution in [0.25, 0.3) is 0 Å². The summed E-state index contributed by atoms with van der Waals surface area (Å²) in [4.78, 5) is 58.9. The van der Waals surface area contributed by atoms with Crippen LogP contribution in [0.4, 0.5) is 0 Å². The average molecular weight is 1650 g/mol. The third-order valence-corrected chi connectivity index (χ3v) is 20.8. The van der Waals surface area contributed by atoms with Crippen molar-refractivity contribution < 1.29 is 75.8 Å². The van der Waals surface area contributed by atoms with E-state index in [1.165, 1.54) is 180 Å². The highest BCUT2D eigenvalue weighted by Crippen LogP contribution is 2.45. The van der Waals surface area contributed by atoms with E-state index in [0.717, 1.165) is 122 Å². The van der Waals surface area contributed by atoms with Gasteiger partial charge in [-0.2, -0.15) is 0 Å². The lowest BCUT2D eigenvalue weighted by molar-refractivity contribution is -0.161. The number of unbranched alkanes of at least 4 members (excludes halogenated alkanes) is 34. The van der Waals surface area contributed by atoms with Crippen molar-refractivity contribution in [2.75, 3.05) is 39.6 Å². The Morgan fingerprint density at radius 1 is 0.252 bits per heavy atom. The fourth-order valence-corrected chi connectivity index (χ4v) is 13.6. The van der Waals surface area contributed by atoms with Gasteiger partial charge in [-0.05, 0) is 148 Å². The third-order valence-electron chi connectivity index (χ3n) is 18.9. The molecule has 0 rings (SSSR count). The minimum Gasteiger partial charge on any atom is -0.463 e. The number of hydrogen-bond acceptors (Lipinski definition) is 14. The van der Waals surface area contributed by atoms with Gasteiger partial charge in [0.25, 0.3) is 0 Å². The van der Waals surface area contributed by atoms with E-state index in [4.69, 9.17) is 32.3 Å². The third kappa shape index (κ3) is 89.5. The van der Waals surface area contributed by atoms with Gasteiger partial charge in [-0.25, -0.2) is 9.13 Å². The first-order valence-corrected chi connectivity index (χ1v) is 48.4. The van der Waals surface area contributed by atoms with Crippen LogP contribution >= 0.6 is 15.6 Å². The van der Waals surface area contributed by atoms with E-state index in [2.05, 4.69) is 173 Å². The van der Waals surface area contributed by atoms with Crippen LogP contribution in [0.5, 0.6) is 0 Å². The molecular formula is C97H164O16P2. The number of carbonyl (C=O) groups excluding carboxylic acids is 3. The molecular weight excluding hydrogens is 1480 g/mol. The monoisotopic (exact) mass is 1650 g/mol. The number of esters is 3. The van der Waals surface area contributed by atoms with Gasteiger partial charge in [0.05, 0.1) is 26.4 Å². The van der Waals surface area contributed by atoms with E-state index < -0.39 is 91.5 Å². The Kier molecular flexibility index (Phi) is 84.3. The number of phosphoric ester groups is 2. The first kappa shape index (κ1) is 110. The highest BCUT2D eigenvalue weighted by atomic mass is 31.2. The highest BCUT2D eigenvalue weighted by molar-refractivity contribution is 7.47. The summed E-state index contributed by atoms with van der Waals surface area (Å²) in [6.45, 7) is 2.45. The minimum atomic E-state index is -4.96. The van der Waals surface area contributed by atoms with Crippen molar-refractivity contribution in [2.24, 2.45) is 0 Å². The van der Waals surface area contributed by atoms with Crippen LogP contribution in [0.15, 0.2) is 170 Å². The largest absolute Gasteiger partial charge is 0.472 e. The number of allylic oxidation sites excluding steroid dienone is 28. The maximum atomic E-state index is 13.0. The number of hydrogen-bond donors (Lipinski definition) is 4. The molecule has 0 aliphatic rings. The van der Waals surface area contributed by atoms with E-state index in [1.54, 1.807) is 0 Å². The number of rotatable bonds is 85. The second kappa shape index (κ2) is 88.2. The Hall–Kier alpha value is -5.09. The van der Waals surface area contributed by atoms with Gasteiger partial charge < -0.3 is 34.2 Å². The topological polar surface area (TPSA) is 231 Å². The predicted molar refractivity (Wildman–Crippen MR) is 482 cm³/mol. The molecule has 658 valence electrons. The van der Waals surface area contributed by atoms with Crippen molar-refractivity contribution in [3.63, 3.8) is 0 Å². The zero-order valence-corrected chi connectivity index (χ0v) is 74.2. The fourth-order valence-electron chi connectivity index (χ4n) is 12.0. The van der Waals surface area contributed by atoms with Crippen LogP contribution in [0.1, 0.15) is 367 Å². The molecule has 0 aliphatic carbocycles. The van der Waals surface area contributed by atoms with Gasteiger partial charge in [0.2, 0.25) is 0 Å². The molecule has 5 atom stereocenters. The lowest BCUT2D eigenvalue weighted by atomic mass is 10.0. The van der Waals surface area contributed by atoms with Gasteiger partial charge in [-0.1, -0.05) is 371 Å². The Labute approximate surface area is 701 Å². The number of ether oxygens (including phenoxy) is 3. The summed E-state index contributed by atoms with van der Waals surface area (Å²) in [5.74, 6) is -1.67. The summed E-state index contributed by atoms with van der Waals surface area (Å²) < 4.78 is 61.3. The smallest absolute Gasteiger partial charge is 0.463 e. The van der Waals surface area contributed by atoms with Crippen molar-refractivity contribution in [1.29, 1.82) is 0 Å². The Morgan fingerprint density at radius 2 is 0.478 bits per heavy atom. The zero-order chi connectivity index (χ0) is 83.6. The Balaban J connectivity index is 4.60. The quantitative estimate of drug-likeness (QED) is 0.0146. The van der Waals surface area contributed by atoms with Crippen LogP contribution < -0.4 is 0 Å². The molecule has 0 amide bonds. The molecule has 0 bridgehead atoms. The molecule has 0 spiro atoms. The normalized spacial score (nSPS) is 14.6. The highest BCUT2D eigenvalue weighted by Gasteiger charge is 2.29. The molecule has 0 saturated heterocycles. The Morgan fingerprint density at radius 3 is 0.765 bits per heavy atom. The van der Waals surface area contributed by atoms with Gasteiger partial charge in [0.15, 0.2) is 6.10 Å². The molecule has 0 fully saturated rings. The number of aliphatic hydroxyl groups is 2. The van der Waals surface area contributed by atoms with E-state index in [-0.39, 0.29) is 19.3 Å². The van der Waals surface area contributed by atoms with Crippen molar-refractivity contribution in [1.82, 2.24) is 0 Å². The number of carbonyl (C=O) groups is 3. The molecule has 0 aromatic carbocycles. The molecule has 0 saturated carbocycles. The van der Waals surface area contributed by atoms with Crippen molar-refractivity contribution >= 4 is 33.6 Å². The first-order valence-electron chi connectivity index (χ1n) is 45.4. The molecule has 0 aromatic rings.